The van der Waals surface area contributed by atoms with Gasteiger partial charge in [-0.3, -0.25) is 4.57 Å². The van der Waals surface area contributed by atoms with Crippen LogP contribution in [0, 0.1) is 0 Å². The molecule has 0 spiro atoms. The van der Waals surface area contributed by atoms with E-state index in [-0.39, 0.29) is 10.6 Å². The van der Waals surface area contributed by atoms with Gasteiger partial charge in [-0.05, 0) is 36.4 Å². The summed E-state index contributed by atoms with van der Waals surface area (Å²) in [5.41, 5.74) is 0.936. The molecule has 0 unspecified atom stereocenters. The minimum Gasteiger partial charge on any atom is -0.277 e. The maximum atomic E-state index is 12.3. The second kappa shape index (κ2) is 7.38. The molecule has 1 aromatic heterocycles. The fraction of sp³-hybridized carbons (Fsp3) is 0.125. The van der Waals surface area contributed by atoms with Crippen molar-refractivity contribution in [1.82, 2.24) is 14.8 Å². The molecule has 0 bridgehead atoms. The molecule has 2 aromatic carbocycles. The minimum absolute atomic E-state index is 0.0148. The number of aromatic nitrogens is 3. The van der Waals surface area contributed by atoms with Gasteiger partial charge >= 0.3 is 0 Å². The third-order valence-corrected chi connectivity index (χ3v) is 6.49. The SMILES string of the molecule is O=S(=O)(CCSc1nncn1-c1ccccc1)c1ccc(Cl)cc1. The van der Waals surface area contributed by atoms with Crippen LogP contribution in [0.25, 0.3) is 5.69 Å². The lowest BCUT2D eigenvalue weighted by atomic mass is 10.3. The Morgan fingerprint density at radius 1 is 1.04 bits per heavy atom. The zero-order valence-electron chi connectivity index (χ0n) is 12.5. The van der Waals surface area contributed by atoms with E-state index in [0.717, 1.165) is 5.69 Å². The fourth-order valence-electron chi connectivity index (χ4n) is 2.09. The number of thioether (sulfide) groups is 1. The highest BCUT2D eigenvalue weighted by atomic mass is 35.5. The molecule has 0 saturated carbocycles. The molecule has 8 heteroatoms. The number of hydrogen-bond donors (Lipinski definition) is 0. The van der Waals surface area contributed by atoms with Gasteiger partial charge in [0.25, 0.3) is 0 Å². The Morgan fingerprint density at radius 3 is 2.46 bits per heavy atom. The summed E-state index contributed by atoms with van der Waals surface area (Å²) in [4.78, 5) is 0.275. The lowest BCUT2D eigenvalue weighted by molar-refractivity contribution is 0.597. The summed E-state index contributed by atoms with van der Waals surface area (Å²) >= 11 is 7.15. The highest BCUT2D eigenvalue weighted by Gasteiger charge is 2.15. The van der Waals surface area contributed by atoms with Gasteiger partial charge in [0.2, 0.25) is 0 Å². The van der Waals surface area contributed by atoms with Gasteiger partial charge in [0.1, 0.15) is 6.33 Å². The molecular formula is C16H14ClN3O2S2. The van der Waals surface area contributed by atoms with Crippen molar-refractivity contribution in [3.8, 4) is 5.69 Å². The summed E-state index contributed by atoms with van der Waals surface area (Å²) in [7, 11) is -3.34. The van der Waals surface area contributed by atoms with Crippen LogP contribution in [-0.4, -0.2) is 34.7 Å². The van der Waals surface area contributed by atoms with E-state index in [4.69, 9.17) is 11.6 Å². The molecule has 124 valence electrons. The maximum absolute atomic E-state index is 12.3. The molecule has 0 saturated heterocycles. The molecule has 0 atom stereocenters. The summed E-state index contributed by atoms with van der Waals surface area (Å²) in [6.45, 7) is 0. The summed E-state index contributed by atoms with van der Waals surface area (Å²) < 4.78 is 26.5. The van der Waals surface area contributed by atoms with Gasteiger partial charge in [-0.15, -0.1) is 10.2 Å². The topological polar surface area (TPSA) is 64.8 Å². The largest absolute Gasteiger partial charge is 0.277 e. The highest BCUT2D eigenvalue weighted by Crippen LogP contribution is 2.21. The van der Waals surface area contributed by atoms with Crippen LogP contribution in [0.4, 0.5) is 0 Å². The summed E-state index contributed by atoms with van der Waals surface area (Å²) in [6.07, 6.45) is 1.62. The van der Waals surface area contributed by atoms with Crippen molar-refractivity contribution in [3.05, 3.63) is 65.9 Å². The number of rotatable bonds is 6. The molecule has 0 aliphatic carbocycles. The van der Waals surface area contributed by atoms with Gasteiger partial charge in [-0.25, -0.2) is 8.42 Å². The summed E-state index contributed by atoms with van der Waals surface area (Å²) in [5.74, 6) is 0.400. The van der Waals surface area contributed by atoms with Gasteiger partial charge in [0.05, 0.1) is 10.6 Å². The van der Waals surface area contributed by atoms with Crippen molar-refractivity contribution in [3.63, 3.8) is 0 Å². The summed E-state index contributed by atoms with van der Waals surface area (Å²) in [5, 5.41) is 9.14. The molecule has 1 heterocycles. The van der Waals surface area contributed by atoms with E-state index in [1.54, 1.807) is 18.5 Å². The van der Waals surface area contributed by atoms with Crippen molar-refractivity contribution < 1.29 is 8.42 Å². The standard InChI is InChI=1S/C16H14ClN3O2S2/c17-13-6-8-15(9-7-13)24(21,22)11-10-23-16-19-18-12-20(16)14-4-2-1-3-5-14/h1-9,12H,10-11H2. The van der Waals surface area contributed by atoms with E-state index in [0.29, 0.717) is 15.9 Å². The predicted molar refractivity (Wildman–Crippen MR) is 95.6 cm³/mol. The molecule has 3 rings (SSSR count). The summed E-state index contributed by atoms with van der Waals surface area (Å²) in [6, 6.07) is 15.9. The highest BCUT2D eigenvalue weighted by molar-refractivity contribution is 8.00. The van der Waals surface area contributed by atoms with Crippen LogP contribution in [0.2, 0.25) is 5.02 Å². The molecular weight excluding hydrogens is 366 g/mol. The lowest BCUT2D eigenvalue weighted by Crippen LogP contribution is -2.09. The Morgan fingerprint density at radius 2 is 1.75 bits per heavy atom. The van der Waals surface area contributed by atoms with Crippen LogP contribution in [0.3, 0.4) is 0 Å². The van der Waals surface area contributed by atoms with E-state index in [1.807, 2.05) is 34.9 Å². The lowest BCUT2D eigenvalue weighted by Gasteiger charge is -2.07. The number of hydrogen-bond acceptors (Lipinski definition) is 5. The smallest absolute Gasteiger partial charge is 0.195 e. The Kier molecular flexibility index (Phi) is 5.23. The van der Waals surface area contributed by atoms with Crippen LogP contribution in [0.1, 0.15) is 0 Å². The molecule has 0 N–H and O–H groups in total. The number of sulfone groups is 1. The Balaban J connectivity index is 1.67. The van der Waals surface area contributed by atoms with Crippen molar-refractivity contribution in [2.75, 3.05) is 11.5 Å². The van der Waals surface area contributed by atoms with E-state index in [2.05, 4.69) is 10.2 Å². The van der Waals surface area contributed by atoms with Crippen LogP contribution in [0.5, 0.6) is 0 Å². The Labute approximate surface area is 149 Å². The minimum atomic E-state index is -3.34. The van der Waals surface area contributed by atoms with Gasteiger partial charge < -0.3 is 0 Å². The Hall–Kier alpha value is -1.83. The van der Waals surface area contributed by atoms with E-state index >= 15 is 0 Å². The molecule has 5 nitrogen and oxygen atoms in total. The maximum Gasteiger partial charge on any atom is 0.195 e. The molecule has 0 aliphatic heterocycles. The molecule has 0 fully saturated rings. The van der Waals surface area contributed by atoms with Crippen LogP contribution < -0.4 is 0 Å². The second-order valence-corrected chi connectivity index (χ2v) is 8.55. The molecule has 3 aromatic rings. The van der Waals surface area contributed by atoms with E-state index in [1.165, 1.54) is 23.9 Å². The fourth-order valence-corrected chi connectivity index (χ4v) is 4.79. The molecule has 0 radical (unpaired) electrons. The first-order valence-electron chi connectivity index (χ1n) is 7.13. The third kappa shape index (κ3) is 3.98. The van der Waals surface area contributed by atoms with Crippen molar-refractivity contribution in [2.24, 2.45) is 0 Å². The average molecular weight is 380 g/mol. The Bertz CT molecular complexity index is 910. The third-order valence-electron chi connectivity index (χ3n) is 3.31. The first kappa shape index (κ1) is 17.0. The van der Waals surface area contributed by atoms with E-state index in [9.17, 15) is 8.42 Å². The number of halogens is 1. The second-order valence-electron chi connectivity index (χ2n) is 4.94. The molecule has 0 amide bonds. The first-order valence-corrected chi connectivity index (χ1v) is 10.1. The van der Waals surface area contributed by atoms with Crippen molar-refractivity contribution in [2.45, 2.75) is 10.1 Å². The van der Waals surface area contributed by atoms with Crippen LogP contribution in [-0.2, 0) is 9.84 Å². The average Bonchev–Trinajstić information content (AvgIpc) is 3.04. The zero-order valence-corrected chi connectivity index (χ0v) is 14.9. The molecule has 0 aliphatic rings. The van der Waals surface area contributed by atoms with Crippen LogP contribution >= 0.6 is 23.4 Å². The van der Waals surface area contributed by atoms with E-state index < -0.39 is 9.84 Å². The van der Waals surface area contributed by atoms with Gasteiger partial charge in [-0.1, -0.05) is 41.6 Å². The van der Waals surface area contributed by atoms with Crippen molar-refractivity contribution >= 4 is 33.2 Å². The molecule has 24 heavy (non-hydrogen) atoms. The number of nitrogens with zero attached hydrogens (tertiary/aromatic N) is 3. The number of benzene rings is 2. The van der Waals surface area contributed by atoms with Gasteiger partial charge in [0, 0.05) is 16.5 Å². The monoisotopic (exact) mass is 379 g/mol. The van der Waals surface area contributed by atoms with Crippen LogP contribution in [0.15, 0.2) is 71.0 Å². The normalized spacial score (nSPS) is 11.5. The quantitative estimate of drug-likeness (QED) is 0.613. The van der Waals surface area contributed by atoms with Crippen molar-refractivity contribution in [1.29, 1.82) is 0 Å². The first-order chi connectivity index (χ1) is 11.6. The predicted octanol–water partition coefficient (Wildman–Crippen LogP) is 3.49. The number of para-hydroxylation sites is 1. The zero-order chi connectivity index (χ0) is 17.0. The van der Waals surface area contributed by atoms with Gasteiger partial charge in [0.15, 0.2) is 15.0 Å². The van der Waals surface area contributed by atoms with Gasteiger partial charge in [-0.2, -0.15) is 0 Å².